The molecule has 0 aliphatic carbocycles. The number of hydrogen-bond acceptors (Lipinski definition) is 4. The van der Waals surface area contributed by atoms with Crippen LogP contribution in [0.3, 0.4) is 0 Å². The van der Waals surface area contributed by atoms with E-state index in [-0.39, 0.29) is 5.97 Å². The number of rotatable bonds is 12. The molecule has 164 valence electrons. The van der Waals surface area contributed by atoms with Gasteiger partial charge in [0, 0.05) is 18.0 Å². The fourth-order valence-electron chi connectivity index (χ4n) is 3.19. The number of unbranched alkanes of at least 4 members (excludes halogenated alkanes) is 4. The van der Waals surface area contributed by atoms with Crippen molar-refractivity contribution in [3.05, 3.63) is 42.0 Å². The van der Waals surface area contributed by atoms with Crippen LogP contribution in [0.2, 0.25) is 0 Å². The second kappa shape index (κ2) is 13.4. The van der Waals surface area contributed by atoms with Gasteiger partial charge in [-0.3, -0.25) is 0 Å². The Kier molecular flexibility index (Phi) is 10.9. The van der Waals surface area contributed by atoms with Gasteiger partial charge in [0.1, 0.15) is 5.00 Å². The van der Waals surface area contributed by atoms with Gasteiger partial charge in [-0.2, -0.15) is 0 Å². The molecule has 2 aromatic rings. The highest BCUT2D eigenvalue weighted by atomic mass is 32.1. The SMILES string of the molecule is CCCCCN(CCCCC)C(=S)Nc1sc(-c2ccccc2)cc1C(=O)OCC. The van der Waals surface area contributed by atoms with E-state index in [9.17, 15) is 4.79 Å². The number of benzene rings is 1. The molecule has 0 aliphatic rings. The summed E-state index contributed by atoms with van der Waals surface area (Å²) in [5.74, 6) is -0.315. The molecule has 6 heteroatoms. The molecule has 0 fully saturated rings. The first-order valence-corrected chi connectivity index (χ1v) is 12.2. The van der Waals surface area contributed by atoms with Gasteiger partial charge >= 0.3 is 5.97 Å². The van der Waals surface area contributed by atoms with Crippen molar-refractivity contribution in [2.24, 2.45) is 0 Å². The number of hydrogen-bond donors (Lipinski definition) is 1. The minimum atomic E-state index is -0.315. The zero-order chi connectivity index (χ0) is 21.8. The lowest BCUT2D eigenvalue weighted by Crippen LogP contribution is -2.36. The number of anilines is 1. The Hall–Kier alpha value is -1.92. The van der Waals surface area contributed by atoms with Crippen LogP contribution >= 0.6 is 23.6 Å². The Morgan fingerprint density at radius 3 is 2.23 bits per heavy atom. The smallest absolute Gasteiger partial charge is 0.341 e. The molecular formula is C24H34N2O2S2. The van der Waals surface area contributed by atoms with Gasteiger partial charge in [0.05, 0.1) is 12.2 Å². The average Bonchev–Trinajstić information content (AvgIpc) is 3.17. The van der Waals surface area contributed by atoms with E-state index in [0.717, 1.165) is 41.4 Å². The Balaban J connectivity index is 2.22. The summed E-state index contributed by atoms with van der Waals surface area (Å²) >= 11 is 7.31. The van der Waals surface area contributed by atoms with Crippen molar-refractivity contribution >= 4 is 39.6 Å². The van der Waals surface area contributed by atoms with Crippen LogP contribution in [0.25, 0.3) is 10.4 Å². The molecule has 0 amide bonds. The second-order valence-electron chi connectivity index (χ2n) is 7.27. The van der Waals surface area contributed by atoms with Crippen LogP contribution < -0.4 is 5.32 Å². The number of thiophene rings is 1. The molecule has 0 aliphatic heterocycles. The van der Waals surface area contributed by atoms with Crippen molar-refractivity contribution in [3.63, 3.8) is 0 Å². The number of esters is 1. The maximum absolute atomic E-state index is 12.6. The Labute approximate surface area is 190 Å². The quantitative estimate of drug-likeness (QED) is 0.217. The molecular weight excluding hydrogens is 412 g/mol. The van der Waals surface area contributed by atoms with Crippen molar-refractivity contribution in [3.8, 4) is 10.4 Å². The largest absolute Gasteiger partial charge is 0.462 e. The Morgan fingerprint density at radius 2 is 1.67 bits per heavy atom. The Bertz CT molecular complexity index is 780. The summed E-state index contributed by atoms with van der Waals surface area (Å²) in [6, 6.07) is 12.0. The van der Waals surface area contributed by atoms with Crippen LogP contribution in [-0.4, -0.2) is 35.7 Å². The van der Waals surface area contributed by atoms with E-state index < -0.39 is 0 Å². The molecule has 0 unspecified atom stereocenters. The predicted octanol–water partition coefficient (Wildman–Crippen LogP) is 6.97. The van der Waals surface area contributed by atoms with Crippen LogP contribution in [0.15, 0.2) is 36.4 Å². The standard InChI is InChI=1S/C24H34N2O2S2/c1-4-7-12-16-26(17-13-8-5-2)24(29)25-22-20(23(27)28-6-3)18-21(30-22)19-14-10-9-11-15-19/h9-11,14-15,18H,4-8,12-13,16-17H2,1-3H3,(H,25,29). The van der Waals surface area contributed by atoms with Gasteiger partial charge in [-0.15, -0.1) is 11.3 Å². The summed E-state index contributed by atoms with van der Waals surface area (Å²) in [6.45, 7) is 8.47. The maximum Gasteiger partial charge on any atom is 0.341 e. The van der Waals surface area contributed by atoms with Gasteiger partial charge in [0.25, 0.3) is 0 Å². The molecule has 0 saturated carbocycles. The molecule has 0 radical (unpaired) electrons. The van der Waals surface area contributed by atoms with Crippen LogP contribution in [0.1, 0.15) is 69.7 Å². The fraction of sp³-hybridized carbons (Fsp3) is 0.500. The zero-order valence-electron chi connectivity index (χ0n) is 18.4. The number of carbonyl (C=O) groups excluding carboxylic acids is 1. The van der Waals surface area contributed by atoms with E-state index in [4.69, 9.17) is 17.0 Å². The molecule has 1 N–H and O–H groups in total. The van der Waals surface area contributed by atoms with E-state index in [0.29, 0.717) is 17.3 Å². The van der Waals surface area contributed by atoms with Crippen molar-refractivity contribution in [2.45, 2.75) is 59.3 Å². The number of ether oxygens (including phenoxy) is 1. The summed E-state index contributed by atoms with van der Waals surface area (Å²) in [4.78, 5) is 15.8. The molecule has 1 aromatic heterocycles. The zero-order valence-corrected chi connectivity index (χ0v) is 20.0. The number of nitrogens with zero attached hydrogens (tertiary/aromatic N) is 1. The van der Waals surface area contributed by atoms with E-state index in [2.05, 4.69) is 24.1 Å². The molecule has 0 saturated heterocycles. The van der Waals surface area contributed by atoms with Crippen molar-refractivity contribution in [1.82, 2.24) is 4.90 Å². The van der Waals surface area contributed by atoms with Gasteiger partial charge in [-0.05, 0) is 43.6 Å². The van der Waals surface area contributed by atoms with E-state index in [1.54, 1.807) is 11.3 Å². The van der Waals surface area contributed by atoms with Crippen molar-refractivity contribution in [2.75, 3.05) is 25.0 Å². The summed E-state index contributed by atoms with van der Waals surface area (Å²) in [7, 11) is 0. The molecule has 0 atom stereocenters. The Morgan fingerprint density at radius 1 is 1.03 bits per heavy atom. The van der Waals surface area contributed by atoms with E-state index in [1.165, 1.54) is 25.7 Å². The van der Waals surface area contributed by atoms with Crippen molar-refractivity contribution < 1.29 is 9.53 Å². The highest BCUT2D eigenvalue weighted by Crippen LogP contribution is 2.36. The van der Waals surface area contributed by atoms with Gasteiger partial charge in [-0.25, -0.2) is 4.79 Å². The first-order chi connectivity index (χ1) is 14.6. The van der Waals surface area contributed by atoms with Crippen LogP contribution in [0.5, 0.6) is 0 Å². The molecule has 1 aromatic carbocycles. The van der Waals surface area contributed by atoms with Gasteiger partial charge in [0.2, 0.25) is 0 Å². The summed E-state index contributed by atoms with van der Waals surface area (Å²) in [5, 5.41) is 4.82. The maximum atomic E-state index is 12.6. The average molecular weight is 447 g/mol. The predicted molar refractivity (Wildman–Crippen MR) is 133 cm³/mol. The number of carbonyl (C=O) groups is 1. The minimum Gasteiger partial charge on any atom is -0.462 e. The highest BCUT2D eigenvalue weighted by Gasteiger charge is 2.20. The lowest BCUT2D eigenvalue weighted by Gasteiger charge is -2.26. The molecule has 2 rings (SSSR count). The monoisotopic (exact) mass is 446 g/mol. The highest BCUT2D eigenvalue weighted by molar-refractivity contribution is 7.80. The number of nitrogens with one attached hydrogen (secondary N) is 1. The first-order valence-electron chi connectivity index (χ1n) is 11.0. The van der Waals surface area contributed by atoms with Crippen LogP contribution in [-0.2, 0) is 4.74 Å². The third kappa shape index (κ3) is 7.40. The van der Waals surface area contributed by atoms with E-state index >= 15 is 0 Å². The van der Waals surface area contributed by atoms with Crippen molar-refractivity contribution in [1.29, 1.82) is 0 Å². The number of thiocarbonyl (C=S) groups is 1. The van der Waals surface area contributed by atoms with Gasteiger partial charge in [-0.1, -0.05) is 69.9 Å². The lowest BCUT2D eigenvalue weighted by molar-refractivity contribution is 0.0528. The van der Waals surface area contributed by atoms with Crippen LogP contribution in [0.4, 0.5) is 5.00 Å². The van der Waals surface area contributed by atoms with Gasteiger partial charge < -0.3 is 15.0 Å². The fourth-order valence-corrected chi connectivity index (χ4v) is 4.59. The molecule has 4 nitrogen and oxygen atoms in total. The summed E-state index contributed by atoms with van der Waals surface area (Å²) in [5.41, 5.74) is 1.62. The molecule has 0 spiro atoms. The summed E-state index contributed by atoms with van der Waals surface area (Å²) in [6.07, 6.45) is 6.99. The van der Waals surface area contributed by atoms with E-state index in [1.807, 2.05) is 43.3 Å². The van der Waals surface area contributed by atoms with Gasteiger partial charge in [0.15, 0.2) is 5.11 Å². The molecule has 30 heavy (non-hydrogen) atoms. The normalized spacial score (nSPS) is 10.6. The summed E-state index contributed by atoms with van der Waals surface area (Å²) < 4.78 is 5.29. The molecule has 0 bridgehead atoms. The third-order valence-corrected chi connectivity index (χ3v) is 6.32. The second-order valence-corrected chi connectivity index (χ2v) is 8.71. The molecule has 1 heterocycles. The topological polar surface area (TPSA) is 41.6 Å². The first kappa shape index (κ1) is 24.4. The van der Waals surface area contributed by atoms with Crippen LogP contribution in [0, 0.1) is 0 Å². The third-order valence-electron chi connectivity index (χ3n) is 4.86. The minimum absolute atomic E-state index is 0.315. The lowest BCUT2D eigenvalue weighted by atomic mass is 10.1.